The molecule has 0 aromatic carbocycles. The average molecular weight is 224 g/mol. The Hall–Kier alpha value is -1.16. The third kappa shape index (κ3) is 2.50. The summed E-state index contributed by atoms with van der Waals surface area (Å²) in [6, 6.07) is -0.00496. The van der Waals surface area contributed by atoms with Crippen LogP contribution in [-0.2, 0) is 4.79 Å². The zero-order valence-corrected chi connectivity index (χ0v) is 9.23. The number of nitrogens with two attached hydrogens (primary N) is 1. The molecular formula is C12H17FN2O. The number of allylic oxidation sites excluding steroid dienone is 2. The SMILES string of the molecule is NC1CCCN(C2C=CC(F)=CC2)C(=O)C1. The summed E-state index contributed by atoms with van der Waals surface area (Å²) in [7, 11) is 0. The molecule has 88 valence electrons. The minimum absolute atomic E-state index is 0.0114. The fourth-order valence-corrected chi connectivity index (χ4v) is 2.26. The summed E-state index contributed by atoms with van der Waals surface area (Å²) in [4.78, 5) is 13.7. The standard InChI is InChI=1S/C12H17FN2O/c13-9-3-5-11(6-4-9)15-7-1-2-10(14)8-12(15)16/h3-5,10-11H,1-2,6-8,14H2. The third-order valence-corrected chi connectivity index (χ3v) is 3.16. The molecule has 3 nitrogen and oxygen atoms in total. The topological polar surface area (TPSA) is 46.3 Å². The van der Waals surface area contributed by atoms with E-state index in [-0.39, 0.29) is 23.8 Å². The number of carbonyl (C=O) groups is 1. The molecule has 0 radical (unpaired) electrons. The van der Waals surface area contributed by atoms with E-state index in [1.807, 2.05) is 4.90 Å². The molecule has 2 rings (SSSR count). The third-order valence-electron chi connectivity index (χ3n) is 3.16. The van der Waals surface area contributed by atoms with Gasteiger partial charge in [-0.3, -0.25) is 4.79 Å². The first-order chi connectivity index (χ1) is 7.66. The molecule has 0 bridgehead atoms. The Morgan fingerprint density at radius 1 is 1.50 bits per heavy atom. The number of halogens is 1. The van der Waals surface area contributed by atoms with E-state index in [4.69, 9.17) is 5.73 Å². The van der Waals surface area contributed by atoms with E-state index < -0.39 is 0 Å². The van der Waals surface area contributed by atoms with E-state index in [0.717, 1.165) is 19.4 Å². The highest BCUT2D eigenvalue weighted by Crippen LogP contribution is 2.20. The molecule has 0 aromatic rings. The number of carbonyl (C=O) groups excluding carboxylic acids is 1. The summed E-state index contributed by atoms with van der Waals surface area (Å²) in [6.45, 7) is 0.733. The van der Waals surface area contributed by atoms with Crippen LogP contribution in [0, 0.1) is 0 Å². The molecular weight excluding hydrogens is 207 g/mol. The predicted molar refractivity (Wildman–Crippen MR) is 60.3 cm³/mol. The minimum atomic E-state index is -0.213. The molecule has 4 heteroatoms. The van der Waals surface area contributed by atoms with Gasteiger partial charge in [0.05, 0.1) is 6.04 Å². The molecule has 1 heterocycles. The van der Waals surface area contributed by atoms with Gasteiger partial charge in [0.15, 0.2) is 0 Å². The second-order valence-electron chi connectivity index (χ2n) is 4.44. The van der Waals surface area contributed by atoms with E-state index in [9.17, 15) is 9.18 Å². The van der Waals surface area contributed by atoms with Crippen molar-refractivity contribution in [1.29, 1.82) is 0 Å². The van der Waals surface area contributed by atoms with E-state index in [2.05, 4.69) is 0 Å². The summed E-state index contributed by atoms with van der Waals surface area (Å²) in [5.74, 6) is -0.120. The molecule has 1 amide bonds. The summed E-state index contributed by atoms with van der Waals surface area (Å²) in [6.07, 6.45) is 7.55. The second-order valence-corrected chi connectivity index (χ2v) is 4.44. The second kappa shape index (κ2) is 4.78. The van der Waals surface area contributed by atoms with E-state index in [1.165, 1.54) is 12.2 Å². The minimum Gasteiger partial charge on any atom is -0.336 e. The zero-order chi connectivity index (χ0) is 11.5. The lowest BCUT2D eigenvalue weighted by atomic mass is 10.1. The Bertz CT molecular complexity index is 338. The lowest BCUT2D eigenvalue weighted by Crippen LogP contribution is -2.40. The Kier molecular flexibility index (Phi) is 3.39. The maximum Gasteiger partial charge on any atom is 0.224 e. The highest BCUT2D eigenvalue weighted by molar-refractivity contribution is 5.77. The molecule has 1 fully saturated rings. The van der Waals surface area contributed by atoms with Crippen LogP contribution in [0.1, 0.15) is 25.7 Å². The number of nitrogens with zero attached hydrogens (tertiary/aromatic N) is 1. The highest BCUT2D eigenvalue weighted by atomic mass is 19.1. The fraction of sp³-hybridized carbons (Fsp3) is 0.583. The fourth-order valence-electron chi connectivity index (χ4n) is 2.26. The zero-order valence-electron chi connectivity index (χ0n) is 9.23. The van der Waals surface area contributed by atoms with Gasteiger partial charge in [0.2, 0.25) is 5.91 Å². The van der Waals surface area contributed by atoms with Gasteiger partial charge >= 0.3 is 0 Å². The van der Waals surface area contributed by atoms with E-state index >= 15 is 0 Å². The normalized spacial score (nSPS) is 31.2. The van der Waals surface area contributed by atoms with Crippen LogP contribution in [0.15, 0.2) is 24.1 Å². The quantitative estimate of drug-likeness (QED) is 0.733. The van der Waals surface area contributed by atoms with Crippen LogP contribution >= 0.6 is 0 Å². The smallest absolute Gasteiger partial charge is 0.224 e. The Morgan fingerprint density at radius 3 is 3.00 bits per heavy atom. The van der Waals surface area contributed by atoms with Crippen LogP contribution in [0.5, 0.6) is 0 Å². The largest absolute Gasteiger partial charge is 0.336 e. The molecule has 2 N–H and O–H groups in total. The monoisotopic (exact) mass is 224 g/mol. The summed E-state index contributed by atoms with van der Waals surface area (Å²) in [5.41, 5.74) is 5.80. The number of likely N-dealkylation sites (tertiary alicyclic amines) is 1. The van der Waals surface area contributed by atoms with Crippen molar-refractivity contribution >= 4 is 5.91 Å². The van der Waals surface area contributed by atoms with Crippen molar-refractivity contribution in [2.75, 3.05) is 6.54 Å². The maximum atomic E-state index is 12.8. The molecule has 2 atom stereocenters. The number of hydrogen-bond acceptors (Lipinski definition) is 2. The predicted octanol–water partition coefficient (Wildman–Crippen LogP) is 1.51. The van der Waals surface area contributed by atoms with Gasteiger partial charge in [0.25, 0.3) is 0 Å². The Labute approximate surface area is 94.8 Å². The van der Waals surface area contributed by atoms with E-state index in [0.29, 0.717) is 12.8 Å². The lowest BCUT2D eigenvalue weighted by molar-refractivity contribution is -0.132. The van der Waals surface area contributed by atoms with Crippen LogP contribution in [0.2, 0.25) is 0 Å². The molecule has 1 aliphatic carbocycles. The van der Waals surface area contributed by atoms with Crippen molar-refractivity contribution in [3.63, 3.8) is 0 Å². The maximum absolute atomic E-state index is 12.8. The first-order valence-corrected chi connectivity index (χ1v) is 5.76. The van der Waals surface area contributed by atoms with E-state index in [1.54, 1.807) is 6.08 Å². The van der Waals surface area contributed by atoms with Gasteiger partial charge in [0, 0.05) is 19.0 Å². The Balaban J connectivity index is 2.03. The first kappa shape index (κ1) is 11.3. The van der Waals surface area contributed by atoms with Crippen molar-refractivity contribution < 1.29 is 9.18 Å². The molecule has 0 spiro atoms. The van der Waals surface area contributed by atoms with Crippen LogP contribution in [0.3, 0.4) is 0 Å². The van der Waals surface area contributed by atoms with Crippen LogP contribution in [0.25, 0.3) is 0 Å². The van der Waals surface area contributed by atoms with Crippen LogP contribution in [-0.4, -0.2) is 29.4 Å². The molecule has 16 heavy (non-hydrogen) atoms. The molecule has 0 aromatic heterocycles. The summed E-state index contributed by atoms with van der Waals surface area (Å²) < 4.78 is 12.8. The van der Waals surface area contributed by atoms with Crippen molar-refractivity contribution in [2.45, 2.75) is 37.8 Å². The van der Waals surface area contributed by atoms with Crippen molar-refractivity contribution in [3.8, 4) is 0 Å². The summed E-state index contributed by atoms with van der Waals surface area (Å²) >= 11 is 0. The molecule has 1 saturated heterocycles. The number of rotatable bonds is 1. The number of amides is 1. The first-order valence-electron chi connectivity index (χ1n) is 5.76. The van der Waals surface area contributed by atoms with Gasteiger partial charge in [-0.2, -0.15) is 0 Å². The number of hydrogen-bond donors (Lipinski definition) is 1. The van der Waals surface area contributed by atoms with Gasteiger partial charge in [0.1, 0.15) is 5.83 Å². The molecule has 0 saturated carbocycles. The average Bonchev–Trinajstić information content (AvgIpc) is 2.41. The van der Waals surface area contributed by atoms with Crippen molar-refractivity contribution in [3.05, 3.63) is 24.1 Å². The molecule has 2 aliphatic rings. The highest BCUT2D eigenvalue weighted by Gasteiger charge is 2.26. The van der Waals surface area contributed by atoms with Crippen LogP contribution in [0.4, 0.5) is 4.39 Å². The van der Waals surface area contributed by atoms with Gasteiger partial charge in [-0.05, 0) is 31.4 Å². The molecule has 1 aliphatic heterocycles. The van der Waals surface area contributed by atoms with Crippen molar-refractivity contribution in [2.24, 2.45) is 5.73 Å². The summed E-state index contributed by atoms with van der Waals surface area (Å²) in [5, 5.41) is 0. The van der Waals surface area contributed by atoms with Gasteiger partial charge in [-0.25, -0.2) is 4.39 Å². The van der Waals surface area contributed by atoms with Gasteiger partial charge in [-0.1, -0.05) is 6.08 Å². The van der Waals surface area contributed by atoms with Crippen molar-refractivity contribution in [1.82, 2.24) is 4.90 Å². The molecule has 2 unspecified atom stereocenters. The van der Waals surface area contributed by atoms with Gasteiger partial charge < -0.3 is 10.6 Å². The lowest BCUT2D eigenvalue weighted by Gasteiger charge is -2.29. The van der Waals surface area contributed by atoms with Gasteiger partial charge in [-0.15, -0.1) is 0 Å². The Morgan fingerprint density at radius 2 is 2.31 bits per heavy atom. The van der Waals surface area contributed by atoms with Crippen LogP contribution < -0.4 is 5.73 Å².